The van der Waals surface area contributed by atoms with Gasteiger partial charge in [0, 0.05) is 23.0 Å². The number of nitrogens with zero attached hydrogens (tertiary/aromatic N) is 3. The van der Waals surface area contributed by atoms with E-state index in [1.807, 2.05) is 24.3 Å². The van der Waals surface area contributed by atoms with Crippen molar-refractivity contribution in [1.82, 2.24) is 25.1 Å². The SMILES string of the molecule is NS(=O)(=O)c1ccc(Nc2nc(Nc3ccc4cn[nH]c4c3)c3cc[nH]c3n2)cc1. The molecule has 0 aliphatic heterocycles. The van der Waals surface area contributed by atoms with Crippen molar-refractivity contribution < 1.29 is 8.42 Å². The van der Waals surface area contributed by atoms with Crippen molar-refractivity contribution in [2.24, 2.45) is 5.14 Å². The Balaban J connectivity index is 1.48. The van der Waals surface area contributed by atoms with Gasteiger partial charge in [-0.25, -0.2) is 13.6 Å². The summed E-state index contributed by atoms with van der Waals surface area (Å²) in [5.41, 5.74) is 3.03. The molecule has 0 saturated carbocycles. The summed E-state index contributed by atoms with van der Waals surface area (Å²) in [6, 6.07) is 13.8. The highest BCUT2D eigenvalue weighted by Crippen LogP contribution is 2.27. The lowest BCUT2D eigenvalue weighted by Crippen LogP contribution is -2.11. The number of aromatic nitrogens is 5. The number of benzene rings is 2. The Labute approximate surface area is 170 Å². The minimum Gasteiger partial charge on any atom is -0.346 e. The number of anilines is 4. The third-order valence-electron chi connectivity index (χ3n) is 4.56. The van der Waals surface area contributed by atoms with Crippen LogP contribution < -0.4 is 15.8 Å². The van der Waals surface area contributed by atoms with E-state index >= 15 is 0 Å². The normalized spacial score (nSPS) is 11.8. The van der Waals surface area contributed by atoms with Gasteiger partial charge in [0.1, 0.15) is 11.5 Å². The van der Waals surface area contributed by atoms with Crippen LogP contribution in [0.25, 0.3) is 21.9 Å². The van der Waals surface area contributed by atoms with E-state index < -0.39 is 10.0 Å². The molecule has 30 heavy (non-hydrogen) atoms. The maximum Gasteiger partial charge on any atom is 0.238 e. The fraction of sp³-hybridized carbons (Fsp3) is 0. The van der Waals surface area contributed by atoms with E-state index in [2.05, 4.69) is 35.8 Å². The van der Waals surface area contributed by atoms with E-state index in [4.69, 9.17) is 5.14 Å². The van der Waals surface area contributed by atoms with Gasteiger partial charge in [-0.15, -0.1) is 0 Å². The summed E-state index contributed by atoms with van der Waals surface area (Å²) < 4.78 is 22.8. The Morgan fingerprint density at radius 3 is 2.53 bits per heavy atom. The second-order valence-electron chi connectivity index (χ2n) is 6.63. The molecule has 150 valence electrons. The number of H-pyrrole nitrogens is 2. The molecule has 2 aromatic carbocycles. The van der Waals surface area contributed by atoms with Gasteiger partial charge in [-0.2, -0.15) is 15.1 Å². The summed E-state index contributed by atoms with van der Waals surface area (Å²) in [4.78, 5) is 12.2. The molecule has 0 bridgehead atoms. The van der Waals surface area contributed by atoms with E-state index in [9.17, 15) is 8.42 Å². The van der Waals surface area contributed by atoms with Crippen LogP contribution in [-0.2, 0) is 10.0 Å². The zero-order valence-electron chi connectivity index (χ0n) is 15.4. The van der Waals surface area contributed by atoms with Gasteiger partial charge in [-0.05, 0) is 48.5 Å². The zero-order chi connectivity index (χ0) is 20.7. The first-order valence-corrected chi connectivity index (χ1v) is 10.5. The Morgan fingerprint density at radius 1 is 0.933 bits per heavy atom. The number of fused-ring (bicyclic) bond motifs is 2. The molecule has 6 N–H and O–H groups in total. The highest BCUT2D eigenvalue weighted by atomic mass is 32.2. The number of hydrogen-bond acceptors (Lipinski definition) is 7. The maximum atomic E-state index is 11.4. The molecular formula is C19H16N8O2S. The molecule has 10 nitrogen and oxygen atoms in total. The zero-order valence-corrected chi connectivity index (χ0v) is 16.2. The first kappa shape index (κ1) is 18.1. The van der Waals surface area contributed by atoms with Crippen molar-refractivity contribution in [3.63, 3.8) is 0 Å². The van der Waals surface area contributed by atoms with E-state index in [1.54, 1.807) is 24.5 Å². The molecule has 0 spiro atoms. The van der Waals surface area contributed by atoms with E-state index in [0.717, 1.165) is 22.0 Å². The van der Waals surface area contributed by atoms with Gasteiger partial charge in [0.25, 0.3) is 0 Å². The standard InChI is InChI=1S/C19H16N8O2S/c20-30(28,29)14-5-3-12(4-6-14)24-19-25-17-15(7-8-21-17)18(26-19)23-13-2-1-11-10-22-27-16(11)9-13/h1-10H,(H,22,27)(H2,20,28,29)(H3,21,23,24,25,26). The van der Waals surface area contributed by atoms with Crippen LogP contribution in [0.2, 0.25) is 0 Å². The van der Waals surface area contributed by atoms with Gasteiger partial charge in [-0.1, -0.05) is 0 Å². The molecule has 0 aliphatic rings. The van der Waals surface area contributed by atoms with Gasteiger partial charge in [0.2, 0.25) is 16.0 Å². The van der Waals surface area contributed by atoms with Crippen molar-refractivity contribution in [2.75, 3.05) is 10.6 Å². The first-order chi connectivity index (χ1) is 14.5. The smallest absolute Gasteiger partial charge is 0.238 e. The minimum atomic E-state index is -3.75. The van der Waals surface area contributed by atoms with Crippen LogP contribution in [0.3, 0.4) is 0 Å². The van der Waals surface area contributed by atoms with Crippen LogP contribution in [0.4, 0.5) is 23.1 Å². The lowest BCUT2D eigenvalue weighted by Gasteiger charge is -2.10. The van der Waals surface area contributed by atoms with Crippen molar-refractivity contribution in [1.29, 1.82) is 0 Å². The Morgan fingerprint density at radius 2 is 1.73 bits per heavy atom. The Kier molecular flexibility index (Phi) is 4.12. The molecule has 0 amide bonds. The highest BCUT2D eigenvalue weighted by Gasteiger charge is 2.11. The van der Waals surface area contributed by atoms with Crippen LogP contribution in [0.15, 0.2) is 65.8 Å². The molecule has 3 heterocycles. The van der Waals surface area contributed by atoms with Gasteiger partial charge in [-0.3, -0.25) is 5.10 Å². The third kappa shape index (κ3) is 3.43. The van der Waals surface area contributed by atoms with Gasteiger partial charge in [0.15, 0.2) is 0 Å². The Bertz CT molecular complexity index is 1470. The Hall–Kier alpha value is -3.96. The lowest BCUT2D eigenvalue weighted by atomic mass is 10.2. The molecule has 11 heteroatoms. The molecular weight excluding hydrogens is 404 g/mol. The summed E-state index contributed by atoms with van der Waals surface area (Å²) in [7, 11) is -3.75. The quantitative estimate of drug-likeness (QED) is 0.293. The maximum absolute atomic E-state index is 11.4. The lowest BCUT2D eigenvalue weighted by molar-refractivity contribution is 0.598. The predicted molar refractivity (Wildman–Crippen MR) is 114 cm³/mol. The fourth-order valence-corrected chi connectivity index (χ4v) is 3.62. The number of primary sulfonamides is 1. The summed E-state index contributed by atoms with van der Waals surface area (Å²) in [5, 5.41) is 20.4. The van der Waals surface area contributed by atoms with Crippen LogP contribution in [-0.4, -0.2) is 33.6 Å². The van der Waals surface area contributed by atoms with E-state index in [0.29, 0.717) is 23.1 Å². The number of sulfonamides is 1. The molecule has 0 atom stereocenters. The number of rotatable bonds is 5. The molecule has 0 radical (unpaired) electrons. The second kappa shape index (κ2) is 6.83. The van der Waals surface area contributed by atoms with E-state index in [-0.39, 0.29) is 4.90 Å². The molecule has 0 unspecified atom stereocenters. The monoisotopic (exact) mass is 420 g/mol. The third-order valence-corrected chi connectivity index (χ3v) is 5.49. The summed E-state index contributed by atoms with van der Waals surface area (Å²) in [6.07, 6.45) is 3.55. The van der Waals surface area contributed by atoms with Gasteiger partial charge < -0.3 is 15.6 Å². The summed E-state index contributed by atoms with van der Waals surface area (Å²) >= 11 is 0. The topological polar surface area (TPSA) is 154 Å². The molecule has 0 saturated heterocycles. The largest absolute Gasteiger partial charge is 0.346 e. The molecule has 5 aromatic rings. The van der Waals surface area contributed by atoms with Crippen molar-refractivity contribution in [3.05, 3.63) is 60.9 Å². The molecule has 0 aliphatic carbocycles. The van der Waals surface area contributed by atoms with Gasteiger partial charge in [0.05, 0.1) is 22.0 Å². The first-order valence-electron chi connectivity index (χ1n) is 8.91. The molecule has 5 rings (SSSR count). The van der Waals surface area contributed by atoms with Crippen molar-refractivity contribution >= 4 is 55.1 Å². The summed E-state index contributed by atoms with van der Waals surface area (Å²) in [5.74, 6) is 0.960. The number of aromatic amines is 2. The average molecular weight is 420 g/mol. The van der Waals surface area contributed by atoms with E-state index in [1.165, 1.54) is 12.1 Å². The van der Waals surface area contributed by atoms with Crippen LogP contribution in [0.1, 0.15) is 0 Å². The number of hydrogen-bond donors (Lipinski definition) is 5. The van der Waals surface area contributed by atoms with Crippen LogP contribution in [0, 0.1) is 0 Å². The van der Waals surface area contributed by atoms with Crippen molar-refractivity contribution in [3.8, 4) is 0 Å². The van der Waals surface area contributed by atoms with Crippen LogP contribution >= 0.6 is 0 Å². The number of nitrogens with two attached hydrogens (primary N) is 1. The average Bonchev–Trinajstić information content (AvgIpc) is 3.36. The fourth-order valence-electron chi connectivity index (χ4n) is 3.10. The van der Waals surface area contributed by atoms with Crippen molar-refractivity contribution in [2.45, 2.75) is 4.90 Å². The van der Waals surface area contributed by atoms with Crippen LogP contribution in [0.5, 0.6) is 0 Å². The summed E-state index contributed by atoms with van der Waals surface area (Å²) in [6.45, 7) is 0. The molecule has 3 aromatic heterocycles. The predicted octanol–water partition coefficient (Wildman–Crippen LogP) is 2.97. The molecule has 0 fully saturated rings. The number of nitrogens with one attached hydrogen (secondary N) is 4. The highest BCUT2D eigenvalue weighted by molar-refractivity contribution is 7.89. The van der Waals surface area contributed by atoms with Gasteiger partial charge >= 0.3 is 0 Å². The second-order valence-corrected chi connectivity index (χ2v) is 8.19. The minimum absolute atomic E-state index is 0.0327.